The molecule has 2 saturated carbocycles. The van der Waals surface area contributed by atoms with Gasteiger partial charge in [-0.25, -0.2) is 0 Å². The number of carbonyl (C=O) groups is 1. The Morgan fingerprint density at radius 3 is 2.76 bits per heavy atom. The van der Waals surface area contributed by atoms with E-state index in [-0.39, 0.29) is 5.91 Å². The first kappa shape index (κ1) is 15.4. The van der Waals surface area contributed by atoms with Gasteiger partial charge in [-0.05, 0) is 48.8 Å². The number of amides is 1. The first-order valence-electron chi connectivity index (χ1n) is 7.81. The van der Waals surface area contributed by atoms with Gasteiger partial charge in [0.25, 0.3) is 5.91 Å². The van der Waals surface area contributed by atoms with Crippen LogP contribution >= 0.6 is 27.5 Å². The number of nitrogens with one attached hydrogen (secondary N) is 1. The second-order valence-corrected chi connectivity index (χ2v) is 7.98. The fraction of sp³-hybridized carbons (Fsp3) is 0.588. The molecule has 0 aromatic heterocycles. The largest absolute Gasteiger partial charge is 0.351 e. The fourth-order valence-corrected chi connectivity index (χ4v) is 4.67. The minimum Gasteiger partial charge on any atom is -0.351 e. The van der Waals surface area contributed by atoms with Crippen LogP contribution in [0.4, 0.5) is 0 Å². The average molecular weight is 371 g/mol. The van der Waals surface area contributed by atoms with Crippen LogP contribution in [0, 0.1) is 11.3 Å². The number of hydrogen-bond acceptors (Lipinski definition) is 1. The highest BCUT2D eigenvalue weighted by molar-refractivity contribution is 9.10. The van der Waals surface area contributed by atoms with E-state index < -0.39 is 0 Å². The summed E-state index contributed by atoms with van der Waals surface area (Å²) >= 11 is 9.53. The zero-order valence-corrected chi connectivity index (χ0v) is 14.5. The third-order valence-corrected chi connectivity index (χ3v) is 5.98. The van der Waals surface area contributed by atoms with Crippen molar-refractivity contribution in [2.75, 3.05) is 6.54 Å². The Bertz CT molecular complexity index is 536. The van der Waals surface area contributed by atoms with Crippen molar-refractivity contribution in [3.05, 3.63) is 33.3 Å². The third kappa shape index (κ3) is 3.45. The summed E-state index contributed by atoms with van der Waals surface area (Å²) in [7, 11) is 0. The second-order valence-electron chi connectivity index (χ2n) is 6.66. The predicted octanol–water partition coefficient (Wildman–Crippen LogP) is 5.19. The average Bonchev–Trinajstić information content (AvgIpc) is 2.47. The van der Waals surface area contributed by atoms with Crippen molar-refractivity contribution >= 4 is 33.4 Å². The molecular formula is C17H21BrClNO. The molecule has 1 N–H and O–H groups in total. The molecule has 0 radical (unpaired) electrons. The van der Waals surface area contributed by atoms with Gasteiger partial charge >= 0.3 is 0 Å². The van der Waals surface area contributed by atoms with Crippen molar-refractivity contribution in [3.8, 4) is 0 Å². The minimum absolute atomic E-state index is 0.0524. The number of benzene rings is 1. The van der Waals surface area contributed by atoms with Crippen molar-refractivity contribution in [1.29, 1.82) is 0 Å². The number of rotatable bonds is 3. The normalized spacial score (nSPS) is 28.2. The van der Waals surface area contributed by atoms with E-state index in [0.717, 1.165) is 16.9 Å². The quantitative estimate of drug-likeness (QED) is 0.779. The zero-order valence-electron chi connectivity index (χ0n) is 12.1. The SMILES string of the molecule is O=C(NCC12CCCC(CCC1)C2)c1cc(Br)ccc1Cl. The molecule has 114 valence electrons. The summed E-state index contributed by atoms with van der Waals surface area (Å²) in [6.07, 6.45) is 9.21. The predicted molar refractivity (Wildman–Crippen MR) is 89.7 cm³/mol. The molecule has 1 amide bonds. The van der Waals surface area contributed by atoms with Gasteiger partial charge in [0.2, 0.25) is 0 Å². The molecule has 0 unspecified atom stereocenters. The van der Waals surface area contributed by atoms with E-state index >= 15 is 0 Å². The highest BCUT2D eigenvalue weighted by atomic mass is 79.9. The van der Waals surface area contributed by atoms with Crippen molar-refractivity contribution < 1.29 is 4.79 Å². The maximum atomic E-state index is 12.4. The Labute approximate surface area is 139 Å². The molecule has 0 aliphatic heterocycles. The lowest BCUT2D eigenvalue weighted by Gasteiger charge is -2.45. The van der Waals surface area contributed by atoms with Crippen molar-refractivity contribution in [2.45, 2.75) is 44.9 Å². The molecule has 2 fully saturated rings. The van der Waals surface area contributed by atoms with E-state index in [4.69, 9.17) is 11.6 Å². The van der Waals surface area contributed by atoms with Crippen LogP contribution in [0.3, 0.4) is 0 Å². The van der Waals surface area contributed by atoms with Gasteiger partial charge in [0.05, 0.1) is 10.6 Å². The summed E-state index contributed by atoms with van der Waals surface area (Å²) in [5.41, 5.74) is 0.903. The van der Waals surface area contributed by atoms with E-state index in [1.54, 1.807) is 12.1 Å². The van der Waals surface area contributed by atoms with E-state index in [0.29, 0.717) is 16.0 Å². The van der Waals surface area contributed by atoms with Gasteiger partial charge < -0.3 is 5.32 Å². The highest BCUT2D eigenvalue weighted by Crippen LogP contribution is 2.48. The van der Waals surface area contributed by atoms with Gasteiger partial charge in [0.15, 0.2) is 0 Å². The molecule has 21 heavy (non-hydrogen) atoms. The molecule has 0 saturated heterocycles. The Hall–Kier alpha value is -0.540. The summed E-state index contributed by atoms with van der Waals surface area (Å²) in [4.78, 5) is 12.4. The molecule has 4 heteroatoms. The van der Waals surface area contributed by atoms with Gasteiger partial charge in [0, 0.05) is 11.0 Å². The summed E-state index contributed by atoms with van der Waals surface area (Å²) in [6, 6.07) is 5.40. The van der Waals surface area contributed by atoms with Crippen LogP contribution in [0.5, 0.6) is 0 Å². The number of halogens is 2. The lowest BCUT2D eigenvalue weighted by atomic mass is 9.62. The summed E-state index contributed by atoms with van der Waals surface area (Å²) in [5.74, 6) is 0.835. The summed E-state index contributed by atoms with van der Waals surface area (Å²) in [6.45, 7) is 0.797. The third-order valence-electron chi connectivity index (χ3n) is 5.16. The second kappa shape index (κ2) is 6.29. The lowest BCUT2D eigenvalue weighted by Crippen LogP contribution is -2.43. The van der Waals surface area contributed by atoms with Gasteiger partial charge in [-0.15, -0.1) is 0 Å². The Morgan fingerprint density at radius 2 is 2.05 bits per heavy atom. The molecule has 1 aromatic rings. The van der Waals surface area contributed by atoms with Gasteiger partial charge in [-0.2, -0.15) is 0 Å². The van der Waals surface area contributed by atoms with E-state index in [2.05, 4.69) is 21.2 Å². The van der Waals surface area contributed by atoms with Crippen LogP contribution in [0.15, 0.2) is 22.7 Å². The Morgan fingerprint density at radius 1 is 1.33 bits per heavy atom. The summed E-state index contributed by atoms with van der Waals surface area (Å²) in [5, 5.41) is 3.65. The van der Waals surface area contributed by atoms with Crippen LogP contribution < -0.4 is 5.32 Å². The van der Waals surface area contributed by atoms with Crippen LogP contribution in [0.1, 0.15) is 55.3 Å². The molecule has 1 aromatic carbocycles. The molecule has 2 nitrogen and oxygen atoms in total. The first-order valence-corrected chi connectivity index (χ1v) is 8.98. The Balaban J connectivity index is 1.66. The number of hydrogen-bond donors (Lipinski definition) is 1. The molecule has 0 heterocycles. The van der Waals surface area contributed by atoms with E-state index in [1.165, 1.54) is 44.9 Å². The van der Waals surface area contributed by atoms with Crippen molar-refractivity contribution in [3.63, 3.8) is 0 Å². The van der Waals surface area contributed by atoms with Gasteiger partial charge in [0.1, 0.15) is 0 Å². The van der Waals surface area contributed by atoms with E-state index in [1.807, 2.05) is 6.07 Å². The van der Waals surface area contributed by atoms with Crippen molar-refractivity contribution in [1.82, 2.24) is 5.32 Å². The van der Waals surface area contributed by atoms with Crippen LogP contribution in [0.2, 0.25) is 5.02 Å². The topological polar surface area (TPSA) is 29.1 Å². The molecular weight excluding hydrogens is 350 g/mol. The monoisotopic (exact) mass is 369 g/mol. The van der Waals surface area contributed by atoms with E-state index in [9.17, 15) is 4.79 Å². The highest BCUT2D eigenvalue weighted by Gasteiger charge is 2.39. The fourth-order valence-electron chi connectivity index (χ4n) is 4.10. The smallest absolute Gasteiger partial charge is 0.252 e. The molecule has 0 spiro atoms. The summed E-state index contributed by atoms with van der Waals surface area (Å²) < 4.78 is 0.880. The van der Waals surface area contributed by atoms with Crippen LogP contribution in [0.25, 0.3) is 0 Å². The Kier molecular flexibility index (Phi) is 4.60. The van der Waals surface area contributed by atoms with Gasteiger partial charge in [-0.1, -0.05) is 53.2 Å². The van der Waals surface area contributed by atoms with Crippen LogP contribution in [-0.2, 0) is 0 Å². The number of fused-ring (bicyclic) bond motifs is 2. The maximum absolute atomic E-state index is 12.4. The molecule has 3 rings (SSSR count). The molecule has 2 aliphatic carbocycles. The van der Waals surface area contributed by atoms with Crippen molar-refractivity contribution in [2.24, 2.45) is 11.3 Å². The number of carbonyl (C=O) groups excluding carboxylic acids is 1. The van der Waals surface area contributed by atoms with Crippen LogP contribution in [-0.4, -0.2) is 12.5 Å². The standard InChI is InChI=1S/C17H21BrClNO/c18-13-5-6-15(19)14(9-13)16(21)20-11-17-7-1-3-12(10-17)4-2-8-17/h5-6,9,12H,1-4,7-8,10-11H2,(H,20,21). The molecule has 0 atom stereocenters. The first-order chi connectivity index (χ1) is 10.1. The zero-order chi connectivity index (χ0) is 14.9. The maximum Gasteiger partial charge on any atom is 0.252 e. The molecule has 2 aliphatic rings. The van der Waals surface area contributed by atoms with Gasteiger partial charge in [-0.3, -0.25) is 4.79 Å². The molecule has 2 bridgehead atoms. The minimum atomic E-state index is -0.0524. The lowest BCUT2D eigenvalue weighted by molar-refractivity contribution is 0.0682.